The van der Waals surface area contributed by atoms with Crippen molar-refractivity contribution in [2.24, 2.45) is 11.3 Å². The number of piperazine rings is 1. The number of hydrogen-bond acceptors (Lipinski definition) is 3. The quantitative estimate of drug-likeness (QED) is 0.860. The number of nitrogens with one attached hydrogen (secondary N) is 1. The fourth-order valence-electron chi connectivity index (χ4n) is 3.27. The fourth-order valence-corrected chi connectivity index (χ4v) is 3.27. The maximum absolute atomic E-state index is 13.0. The maximum Gasteiger partial charge on any atom is 0.246 e. The number of carbonyl (C=O) groups is 2. The molecule has 5 heteroatoms. The zero-order valence-corrected chi connectivity index (χ0v) is 13.8. The van der Waals surface area contributed by atoms with Crippen molar-refractivity contribution < 1.29 is 14.3 Å². The molecule has 2 aliphatic heterocycles. The summed E-state index contributed by atoms with van der Waals surface area (Å²) in [6.07, 6.45) is 1.69. The Morgan fingerprint density at radius 2 is 2.05 bits per heavy atom. The Kier molecular flexibility index (Phi) is 4.61. The molecular weight excluding hydrogens is 268 g/mol. The van der Waals surface area contributed by atoms with Gasteiger partial charge in [0.1, 0.15) is 12.1 Å². The third kappa shape index (κ3) is 3.07. The molecule has 2 saturated heterocycles. The van der Waals surface area contributed by atoms with E-state index >= 15 is 0 Å². The van der Waals surface area contributed by atoms with Crippen molar-refractivity contribution in [3.8, 4) is 0 Å². The second kappa shape index (κ2) is 5.95. The second-order valence-electron chi connectivity index (χ2n) is 7.40. The highest BCUT2D eigenvalue weighted by Gasteiger charge is 2.50. The zero-order chi connectivity index (χ0) is 15.8. The van der Waals surface area contributed by atoms with Gasteiger partial charge in [0.05, 0.1) is 12.6 Å². The van der Waals surface area contributed by atoms with Crippen LogP contribution in [0, 0.1) is 11.3 Å². The first kappa shape index (κ1) is 16.3. The summed E-state index contributed by atoms with van der Waals surface area (Å²) in [4.78, 5) is 27.4. The van der Waals surface area contributed by atoms with E-state index in [1.165, 1.54) is 0 Å². The van der Waals surface area contributed by atoms with Crippen LogP contribution in [-0.2, 0) is 14.3 Å². The van der Waals surface area contributed by atoms with Crippen LogP contribution in [-0.4, -0.2) is 48.1 Å². The first-order valence-electron chi connectivity index (χ1n) is 7.97. The summed E-state index contributed by atoms with van der Waals surface area (Å²) in [5.74, 6) is 0.172. The lowest BCUT2D eigenvalue weighted by Gasteiger charge is -2.48. The summed E-state index contributed by atoms with van der Waals surface area (Å²) in [7, 11) is 0. The van der Waals surface area contributed by atoms with Crippen LogP contribution in [0.3, 0.4) is 0 Å². The zero-order valence-electron chi connectivity index (χ0n) is 13.8. The van der Waals surface area contributed by atoms with Gasteiger partial charge in [-0.05, 0) is 17.8 Å². The van der Waals surface area contributed by atoms with E-state index in [1.54, 1.807) is 0 Å². The van der Waals surface area contributed by atoms with Gasteiger partial charge in [-0.25, -0.2) is 0 Å². The number of rotatable bonds is 3. The molecule has 120 valence electrons. The molecule has 2 aliphatic rings. The molecule has 0 aromatic heterocycles. The van der Waals surface area contributed by atoms with Crippen LogP contribution in [0.4, 0.5) is 0 Å². The SMILES string of the molecule is CCC(C)C1NC(=O)C(C(C)(C)C)N(C2CCOC2)C1=O. The third-order valence-electron chi connectivity index (χ3n) is 4.68. The van der Waals surface area contributed by atoms with Gasteiger partial charge in [-0.3, -0.25) is 9.59 Å². The van der Waals surface area contributed by atoms with E-state index in [9.17, 15) is 9.59 Å². The van der Waals surface area contributed by atoms with Crippen molar-refractivity contribution in [1.82, 2.24) is 10.2 Å². The molecule has 0 aromatic rings. The van der Waals surface area contributed by atoms with Gasteiger partial charge >= 0.3 is 0 Å². The average Bonchev–Trinajstić information content (AvgIpc) is 2.91. The normalized spacial score (nSPS) is 32.2. The Morgan fingerprint density at radius 1 is 1.38 bits per heavy atom. The molecule has 2 amide bonds. The van der Waals surface area contributed by atoms with Crippen LogP contribution in [0.25, 0.3) is 0 Å². The molecule has 0 saturated carbocycles. The molecule has 0 aliphatic carbocycles. The smallest absolute Gasteiger partial charge is 0.246 e. The predicted molar refractivity (Wildman–Crippen MR) is 80.7 cm³/mol. The summed E-state index contributed by atoms with van der Waals surface area (Å²) in [6, 6.07) is -0.793. The van der Waals surface area contributed by atoms with E-state index in [1.807, 2.05) is 39.5 Å². The topological polar surface area (TPSA) is 58.6 Å². The number of nitrogens with zero attached hydrogens (tertiary/aromatic N) is 1. The first-order chi connectivity index (χ1) is 9.77. The summed E-state index contributed by atoms with van der Waals surface area (Å²) in [5.41, 5.74) is -0.289. The van der Waals surface area contributed by atoms with Crippen LogP contribution >= 0.6 is 0 Å². The molecule has 2 fully saturated rings. The number of hydrogen-bond donors (Lipinski definition) is 1. The minimum absolute atomic E-state index is 0.0272. The van der Waals surface area contributed by atoms with E-state index in [2.05, 4.69) is 5.32 Å². The van der Waals surface area contributed by atoms with E-state index in [-0.39, 0.29) is 29.2 Å². The Balaban J connectivity index is 2.34. The van der Waals surface area contributed by atoms with Gasteiger partial charge in [-0.2, -0.15) is 0 Å². The van der Waals surface area contributed by atoms with E-state index in [0.29, 0.717) is 13.2 Å². The van der Waals surface area contributed by atoms with Gasteiger partial charge in [-0.1, -0.05) is 41.0 Å². The monoisotopic (exact) mass is 296 g/mol. The standard InChI is InChI=1S/C16H28N2O3/c1-6-10(2)12-15(20)18(11-7-8-21-9-11)13(14(19)17-12)16(3,4)5/h10-13H,6-9H2,1-5H3,(H,17,19). The lowest BCUT2D eigenvalue weighted by molar-refractivity contribution is -0.158. The van der Waals surface area contributed by atoms with Crippen LogP contribution < -0.4 is 5.32 Å². The van der Waals surface area contributed by atoms with Crippen molar-refractivity contribution in [3.05, 3.63) is 0 Å². The van der Waals surface area contributed by atoms with E-state index in [0.717, 1.165) is 12.8 Å². The summed E-state index contributed by atoms with van der Waals surface area (Å²) in [5, 5.41) is 2.96. The highest BCUT2D eigenvalue weighted by molar-refractivity contribution is 5.97. The van der Waals surface area contributed by atoms with Crippen molar-refractivity contribution in [1.29, 1.82) is 0 Å². The number of amides is 2. The molecule has 21 heavy (non-hydrogen) atoms. The number of carbonyl (C=O) groups excluding carboxylic acids is 2. The summed E-state index contributed by atoms with van der Waals surface area (Å²) < 4.78 is 5.45. The average molecular weight is 296 g/mol. The van der Waals surface area contributed by atoms with Crippen molar-refractivity contribution in [2.45, 2.75) is 65.6 Å². The van der Waals surface area contributed by atoms with Crippen LogP contribution in [0.5, 0.6) is 0 Å². The third-order valence-corrected chi connectivity index (χ3v) is 4.68. The van der Waals surface area contributed by atoms with Gasteiger partial charge in [0, 0.05) is 6.61 Å². The Hall–Kier alpha value is -1.10. The second-order valence-corrected chi connectivity index (χ2v) is 7.40. The van der Waals surface area contributed by atoms with Gasteiger partial charge < -0.3 is 15.0 Å². The predicted octanol–water partition coefficient (Wildman–Crippen LogP) is 1.56. The largest absolute Gasteiger partial charge is 0.379 e. The van der Waals surface area contributed by atoms with E-state index < -0.39 is 12.1 Å². The lowest BCUT2D eigenvalue weighted by atomic mass is 9.81. The highest BCUT2D eigenvalue weighted by atomic mass is 16.5. The maximum atomic E-state index is 13.0. The van der Waals surface area contributed by atoms with Crippen LogP contribution in [0.2, 0.25) is 0 Å². The Morgan fingerprint density at radius 3 is 2.52 bits per heavy atom. The highest BCUT2D eigenvalue weighted by Crippen LogP contribution is 2.32. The number of ether oxygens (including phenoxy) is 1. The van der Waals surface area contributed by atoms with Gasteiger partial charge in [-0.15, -0.1) is 0 Å². The summed E-state index contributed by atoms with van der Waals surface area (Å²) >= 11 is 0. The van der Waals surface area contributed by atoms with Gasteiger partial charge in [0.15, 0.2) is 0 Å². The summed E-state index contributed by atoms with van der Waals surface area (Å²) in [6.45, 7) is 11.3. The van der Waals surface area contributed by atoms with Gasteiger partial charge in [0.2, 0.25) is 11.8 Å². The molecule has 2 rings (SSSR count). The van der Waals surface area contributed by atoms with E-state index in [4.69, 9.17) is 4.74 Å². The Labute approximate surface area is 127 Å². The van der Waals surface area contributed by atoms with Gasteiger partial charge in [0.25, 0.3) is 0 Å². The molecular formula is C16H28N2O3. The van der Waals surface area contributed by atoms with Crippen molar-refractivity contribution >= 4 is 11.8 Å². The molecule has 4 unspecified atom stereocenters. The molecule has 2 heterocycles. The first-order valence-corrected chi connectivity index (χ1v) is 7.97. The molecule has 4 atom stereocenters. The molecule has 0 radical (unpaired) electrons. The molecule has 1 N–H and O–H groups in total. The van der Waals surface area contributed by atoms with Crippen molar-refractivity contribution in [3.63, 3.8) is 0 Å². The van der Waals surface area contributed by atoms with Crippen LogP contribution in [0.1, 0.15) is 47.5 Å². The van der Waals surface area contributed by atoms with Crippen LogP contribution in [0.15, 0.2) is 0 Å². The fraction of sp³-hybridized carbons (Fsp3) is 0.875. The lowest BCUT2D eigenvalue weighted by Crippen LogP contribution is -2.70. The minimum atomic E-state index is -0.419. The minimum Gasteiger partial charge on any atom is -0.379 e. The molecule has 0 bridgehead atoms. The molecule has 0 aromatic carbocycles. The Bertz CT molecular complexity index is 410. The van der Waals surface area contributed by atoms with Crippen molar-refractivity contribution in [2.75, 3.05) is 13.2 Å². The molecule has 0 spiro atoms. The molecule has 5 nitrogen and oxygen atoms in total.